The molecule has 0 heterocycles. The summed E-state index contributed by atoms with van der Waals surface area (Å²) in [4.78, 5) is 22.7. The fraction of sp³-hybridized carbons (Fsp3) is 0.467. The second-order valence-electron chi connectivity index (χ2n) is 4.85. The summed E-state index contributed by atoms with van der Waals surface area (Å²) in [7, 11) is 0. The maximum absolute atomic E-state index is 11.7. The fourth-order valence-corrected chi connectivity index (χ4v) is 2.95. The van der Waals surface area contributed by atoms with E-state index >= 15 is 0 Å². The lowest BCUT2D eigenvalue weighted by Crippen LogP contribution is -2.46. The molecule has 0 spiro atoms. The molecule has 0 aliphatic rings. The number of carboxylic acid groups (broad SMARTS) is 1. The standard InChI is InChI=1S/C15H20BrClN2O4S/c1-24-8-5-12(14(20)21)19-15(22)18-6-2-7-23-13-4-3-10(16)9-11(13)17/h3-4,9,12H,2,5-8H2,1H3,(H,20,21)(H2,18,19,22). The van der Waals surface area contributed by atoms with Crippen molar-refractivity contribution in [1.29, 1.82) is 0 Å². The fourth-order valence-electron chi connectivity index (χ4n) is 1.75. The third-order valence-corrected chi connectivity index (χ3v) is 4.40. The van der Waals surface area contributed by atoms with Gasteiger partial charge < -0.3 is 20.5 Å². The molecule has 1 rings (SSSR count). The summed E-state index contributed by atoms with van der Waals surface area (Å²) in [5.41, 5.74) is 0. The van der Waals surface area contributed by atoms with E-state index in [1.54, 1.807) is 12.1 Å². The molecule has 1 aromatic carbocycles. The van der Waals surface area contributed by atoms with Crippen molar-refractivity contribution in [2.75, 3.05) is 25.2 Å². The molecular weight excluding hydrogens is 420 g/mol. The topological polar surface area (TPSA) is 87.7 Å². The maximum Gasteiger partial charge on any atom is 0.326 e. The highest BCUT2D eigenvalue weighted by atomic mass is 79.9. The molecule has 1 unspecified atom stereocenters. The highest BCUT2D eigenvalue weighted by Gasteiger charge is 2.18. The van der Waals surface area contributed by atoms with Gasteiger partial charge in [-0.1, -0.05) is 27.5 Å². The molecule has 0 fully saturated rings. The van der Waals surface area contributed by atoms with E-state index in [0.717, 1.165) is 4.47 Å². The maximum atomic E-state index is 11.7. The Morgan fingerprint density at radius 2 is 2.21 bits per heavy atom. The first-order valence-electron chi connectivity index (χ1n) is 7.28. The summed E-state index contributed by atoms with van der Waals surface area (Å²) in [5, 5.41) is 14.6. The van der Waals surface area contributed by atoms with Crippen LogP contribution >= 0.6 is 39.3 Å². The molecule has 1 atom stereocenters. The monoisotopic (exact) mass is 438 g/mol. The third-order valence-electron chi connectivity index (χ3n) is 2.97. The zero-order chi connectivity index (χ0) is 17.9. The van der Waals surface area contributed by atoms with Gasteiger partial charge in [0.15, 0.2) is 0 Å². The molecule has 0 saturated carbocycles. The Kier molecular flexibility index (Phi) is 9.97. The number of thioether (sulfide) groups is 1. The van der Waals surface area contributed by atoms with Gasteiger partial charge in [-0.3, -0.25) is 0 Å². The van der Waals surface area contributed by atoms with Crippen molar-refractivity contribution in [3.05, 3.63) is 27.7 Å². The minimum Gasteiger partial charge on any atom is -0.492 e. The molecule has 1 aromatic rings. The van der Waals surface area contributed by atoms with Gasteiger partial charge in [-0.25, -0.2) is 9.59 Å². The van der Waals surface area contributed by atoms with Crippen LogP contribution in [0.1, 0.15) is 12.8 Å². The number of rotatable bonds is 10. The van der Waals surface area contributed by atoms with Gasteiger partial charge in [-0.15, -0.1) is 0 Å². The number of amides is 2. The van der Waals surface area contributed by atoms with E-state index in [1.165, 1.54) is 11.8 Å². The summed E-state index contributed by atoms with van der Waals surface area (Å²) in [6.45, 7) is 0.755. The molecule has 134 valence electrons. The Labute approximate surface area is 158 Å². The van der Waals surface area contributed by atoms with Crippen LogP contribution in [-0.4, -0.2) is 48.3 Å². The smallest absolute Gasteiger partial charge is 0.326 e. The van der Waals surface area contributed by atoms with E-state index in [0.29, 0.717) is 42.5 Å². The number of benzene rings is 1. The molecule has 0 aliphatic carbocycles. The number of ether oxygens (including phenoxy) is 1. The number of nitrogens with one attached hydrogen (secondary N) is 2. The largest absolute Gasteiger partial charge is 0.492 e. The number of hydrogen-bond acceptors (Lipinski definition) is 4. The average molecular weight is 440 g/mol. The number of carboxylic acids is 1. The Morgan fingerprint density at radius 3 is 2.83 bits per heavy atom. The van der Waals surface area contributed by atoms with Gasteiger partial charge in [0, 0.05) is 11.0 Å². The Balaban J connectivity index is 2.24. The van der Waals surface area contributed by atoms with Gasteiger partial charge in [0.25, 0.3) is 0 Å². The van der Waals surface area contributed by atoms with Crippen LogP contribution in [0.15, 0.2) is 22.7 Å². The summed E-state index contributed by atoms with van der Waals surface area (Å²) in [6, 6.07) is 3.95. The zero-order valence-corrected chi connectivity index (χ0v) is 16.3. The molecule has 6 nitrogen and oxygen atoms in total. The first-order valence-corrected chi connectivity index (χ1v) is 9.84. The highest BCUT2D eigenvalue weighted by Crippen LogP contribution is 2.27. The van der Waals surface area contributed by atoms with Crippen molar-refractivity contribution in [3.8, 4) is 5.75 Å². The van der Waals surface area contributed by atoms with Gasteiger partial charge in [-0.2, -0.15) is 11.8 Å². The average Bonchev–Trinajstić information content (AvgIpc) is 2.52. The van der Waals surface area contributed by atoms with Crippen molar-refractivity contribution >= 4 is 51.3 Å². The quantitative estimate of drug-likeness (QED) is 0.487. The molecule has 0 saturated heterocycles. The van der Waals surface area contributed by atoms with Crippen LogP contribution in [0.5, 0.6) is 5.75 Å². The predicted molar refractivity (Wildman–Crippen MR) is 100 cm³/mol. The van der Waals surface area contributed by atoms with Crippen molar-refractivity contribution in [2.45, 2.75) is 18.9 Å². The van der Waals surface area contributed by atoms with Crippen LogP contribution in [0.3, 0.4) is 0 Å². The number of urea groups is 1. The molecule has 0 radical (unpaired) electrons. The van der Waals surface area contributed by atoms with Crippen LogP contribution in [0, 0.1) is 0 Å². The molecule has 24 heavy (non-hydrogen) atoms. The number of aliphatic carboxylic acids is 1. The minimum absolute atomic E-state index is 0.370. The highest BCUT2D eigenvalue weighted by molar-refractivity contribution is 9.10. The van der Waals surface area contributed by atoms with Crippen LogP contribution in [0.4, 0.5) is 4.79 Å². The lowest BCUT2D eigenvalue weighted by atomic mass is 10.2. The molecule has 3 N–H and O–H groups in total. The van der Waals surface area contributed by atoms with Crippen LogP contribution < -0.4 is 15.4 Å². The van der Waals surface area contributed by atoms with Gasteiger partial charge >= 0.3 is 12.0 Å². The molecule has 9 heteroatoms. The first-order chi connectivity index (χ1) is 11.4. The second kappa shape index (κ2) is 11.4. The van der Waals surface area contributed by atoms with Gasteiger partial charge in [0.2, 0.25) is 0 Å². The Hall–Kier alpha value is -1.12. The van der Waals surface area contributed by atoms with E-state index in [2.05, 4.69) is 26.6 Å². The molecule has 0 bridgehead atoms. The number of hydrogen-bond donors (Lipinski definition) is 3. The molecular formula is C15H20BrClN2O4S. The second-order valence-corrected chi connectivity index (χ2v) is 7.16. The summed E-state index contributed by atoms with van der Waals surface area (Å²) >= 11 is 10.9. The first kappa shape index (κ1) is 20.9. The Morgan fingerprint density at radius 1 is 1.46 bits per heavy atom. The summed E-state index contributed by atoms with van der Waals surface area (Å²) in [5.74, 6) is 0.207. The van der Waals surface area contributed by atoms with Gasteiger partial charge in [0.1, 0.15) is 11.8 Å². The Bertz CT molecular complexity index is 562. The lowest BCUT2D eigenvalue weighted by Gasteiger charge is -2.14. The van der Waals surface area contributed by atoms with E-state index in [9.17, 15) is 9.59 Å². The number of carbonyl (C=O) groups excluding carboxylic acids is 1. The van der Waals surface area contributed by atoms with Crippen molar-refractivity contribution in [1.82, 2.24) is 10.6 Å². The normalized spacial score (nSPS) is 11.6. The van der Waals surface area contributed by atoms with Crippen LogP contribution in [-0.2, 0) is 4.79 Å². The van der Waals surface area contributed by atoms with Gasteiger partial charge in [-0.05, 0) is 43.0 Å². The van der Waals surface area contributed by atoms with Crippen LogP contribution in [0.2, 0.25) is 5.02 Å². The predicted octanol–water partition coefficient (Wildman–Crippen LogP) is 3.38. The van der Waals surface area contributed by atoms with E-state index in [4.69, 9.17) is 21.4 Å². The number of halogens is 2. The molecule has 0 aromatic heterocycles. The molecule has 0 aliphatic heterocycles. The van der Waals surface area contributed by atoms with Crippen molar-refractivity contribution in [2.24, 2.45) is 0 Å². The third kappa shape index (κ3) is 8.12. The zero-order valence-electron chi connectivity index (χ0n) is 13.2. The van der Waals surface area contributed by atoms with Crippen molar-refractivity contribution in [3.63, 3.8) is 0 Å². The number of carbonyl (C=O) groups is 2. The van der Waals surface area contributed by atoms with E-state index in [-0.39, 0.29) is 0 Å². The lowest BCUT2D eigenvalue weighted by molar-refractivity contribution is -0.139. The molecule has 2 amide bonds. The van der Waals surface area contributed by atoms with E-state index < -0.39 is 18.0 Å². The summed E-state index contributed by atoms with van der Waals surface area (Å²) in [6.07, 6.45) is 2.84. The van der Waals surface area contributed by atoms with Crippen molar-refractivity contribution < 1.29 is 19.4 Å². The van der Waals surface area contributed by atoms with Gasteiger partial charge in [0.05, 0.1) is 11.6 Å². The van der Waals surface area contributed by atoms with Crippen LogP contribution in [0.25, 0.3) is 0 Å². The van der Waals surface area contributed by atoms with E-state index in [1.807, 2.05) is 12.3 Å². The minimum atomic E-state index is -1.03. The SMILES string of the molecule is CSCCC(NC(=O)NCCCOc1ccc(Br)cc1Cl)C(=O)O. The summed E-state index contributed by atoms with van der Waals surface area (Å²) < 4.78 is 6.39.